The molecule has 0 aromatic rings. The Morgan fingerprint density at radius 1 is 0.762 bits per heavy atom. The second kappa shape index (κ2) is 16.2. The van der Waals surface area contributed by atoms with Gasteiger partial charge >= 0.3 is 0 Å². The minimum absolute atomic E-state index is 0. The van der Waals surface area contributed by atoms with E-state index < -0.39 is 10.1 Å². The van der Waals surface area contributed by atoms with Gasteiger partial charge in [0.15, 0.2) is 0 Å². The second-order valence-electron chi connectivity index (χ2n) is 5.41. The summed E-state index contributed by atoms with van der Waals surface area (Å²) < 4.78 is 36.6. The Labute approximate surface area is 131 Å². The van der Waals surface area contributed by atoms with E-state index in [9.17, 15) is 13.0 Å². The van der Waals surface area contributed by atoms with E-state index in [1.807, 2.05) is 0 Å². The fourth-order valence-corrected chi connectivity index (χ4v) is 2.70. The van der Waals surface area contributed by atoms with Gasteiger partial charge in [0.25, 0.3) is 0 Å². The van der Waals surface area contributed by atoms with Crippen molar-refractivity contribution in [3.63, 3.8) is 0 Å². The van der Waals surface area contributed by atoms with Crippen LogP contribution in [0.2, 0.25) is 0 Å². The molecule has 0 aromatic carbocycles. The number of hydrogen-bond acceptors (Lipinski definition) is 4. The molecule has 0 unspecified atom stereocenters. The lowest BCUT2D eigenvalue weighted by atomic mass is 10.1. The minimum atomic E-state index is -4.00. The van der Waals surface area contributed by atoms with Crippen molar-refractivity contribution in [2.75, 3.05) is 19.0 Å². The molecule has 6 heteroatoms. The zero-order chi connectivity index (χ0) is 15.1. The van der Waals surface area contributed by atoms with Crippen molar-refractivity contribution in [3.8, 4) is 0 Å². The predicted octanol–water partition coefficient (Wildman–Crippen LogP) is 4.24. The van der Waals surface area contributed by atoms with Crippen LogP contribution in [0.15, 0.2) is 0 Å². The summed E-state index contributed by atoms with van der Waals surface area (Å²) in [4.78, 5) is 0. The van der Waals surface area contributed by atoms with Crippen LogP contribution in [0.25, 0.3) is 0 Å². The summed E-state index contributed by atoms with van der Waals surface area (Å²) in [7, 11) is -4.00. The van der Waals surface area contributed by atoms with Crippen molar-refractivity contribution in [2.45, 2.75) is 77.6 Å². The van der Waals surface area contributed by atoms with E-state index >= 15 is 0 Å². The Hall–Kier alpha value is -0.170. The summed E-state index contributed by atoms with van der Waals surface area (Å²) in [6.45, 7) is 3.91. The van der Waals surface area contributed by atoms with Crippen molar-refractivity contribution < 1.29 is 17.7 Å². The molecule has 0 rings (SSSR count). The Morgan fingerprint density at radius 2 is 1.19 bits per heavy atom. The van der Waals surface area contributed by atoms with E-state index in [-0.39, 0.29) is 11.9 Å². The molecule has 0 bridgehead atoms. The number of quaternary nitrogens is 1. The molecule has 0 aliphatic rings. The SMILES string of the molecule is CCCOCCCCCCCCCCCCS(=O)(=O)[O-].[NH4+]. The third kappa shape index (κ3) is 22.3. The van der Waals surface area contributed by atoms with Crippen LogP contribution in [-0.2, 0) is 14.9 Å². The summed E-state index contributed by atoms with van der Waals surface area (Å²) in [6, 6.07) is 0. The van der Waals surface area contributed by atoms with Gasteiger partial charge in [-0.1, -0.05) is 58.3 Å². The van der Waals surface area contributed by atoms with Gasteiger partial charge < -0.3 is 15.4 Å². The summed E-state index contributed by atoms with van der Waals surface area (Å²) in [6.07, 6.45) is 12.1. The van der Waals surface area contributed by atoms with E-state index in [0.717, 1.165) is 38.9 Å². The molecule has 0 radical (unpaired) electrons. The van der Waals surface area contributed by atoms with Crippen LogP contribution in [0.1, 0.15) is 77.6 Å². The smallest absolute Gasteiger partial charge is 0.0945 e. The fraction of sp³-hybridized carbons (Fsp3) is 1.00. The Bertz CT molecular complexity index is 294. The standard InChI is InChI=1S/C15H32O4S.H3N/c1-2-13-19-14-11-9-7-5-3-4-6-8-10-12-15-20(16,17)18;/h2-15H2,1H3,(H,16,17,18);1H3. The van der Waals surface area contributed by atoms with Gasteiger partial charge in [-0.05, 0) is 19.3 Å². The molecule has 0 saturated heterocycles. The first-order valence-corrected chi connectivity index (χ1v) is 9.65. The Morgan fingerprint density at radius 3 is 1.62 bits per heavy atom. The Balaban J connectivity index is 0. The molecule has 0 saturated carbocycles. The van der Waals surface area contributed by atoms with Gasteiger partial charge in [0.2, 0.25) is 0 Å². The summed E-state index contributed by atoms with van der Waals surface area (Å²) >= 11 is 0. The van der Waals surface area contributed by atoms with Gasteiger partial charge in [-0.3, -0.25) is 0 Å². The quantitative estimate of drug-likeness (QED) is 0.359. The van der Waals surface area contributed by atoms with Crippen molar-refractivity contribution >= 4 is 10.1 Å². The summed E-state index contributed by atoms with van der Waals surface area (Å²) in [5, 5.41) is 0. The van der Waals surface area contributed by atoms with Crippen LogP contribution in [-0.4, -0.2) is 31.9 Å². The van der Waals surface area contributed by atoms with Gasteiger partial charge in [-0.15, -0.1) is 0 Å². The molecular weight excluding hydrogens is 290 g/mol. The molecule has 0 amide bonds. The molecule has 4 N–H and O–H groups in total. The first kappa shape index (κ1) is 23.1. The number of unbranched alkanes of at least 4 members (excludes halogenated alkanes) is 9. The van der Waals surface area contributed by atoms with Crippen molar-refractivity contribution in [2.24, 2.45) is 0 Å². The molecular formula is C15H35NO4S. The lowest BCUT2D eigenvalue weighted by Crippen LogP contribution is -2.03. The third-order valence-corrected chi connectivity index (χ3v) is 4.07. The van der Waals surface area contributed by atoms with Crippen LogP contribution in [0, 0.1) is 0 Å². The van der Waals surface area contributed by atoms with E-state index in [0.29, 0.717) is 6.42 Å². The average molecular weight is 326 g/mol. The molecule has 21 heavy (non-hydrogen) atoms. The van der Waals surface area contributed by atoms with Crippen LogP contribution in [0.5, 0.6) is 0 Å². The highest BCUT2D eigenvalue weighted by Crippen LogP contribution is 2.11. The van der Waals surface area contributed by atoms with Gasteiger partial charge in [0.1, 0.15) is 0 Å². The minimum Gasteiger partial charge on any atom is -0.748 e. The van der Waals surface area contributed by atoms with E-state index in [1.54, 1.807) is 0 Å². The monoisotopic (exact) mass is 325 g/mol. The van der Waals surface area contributed by atoms with Gasteiger partial charge in [0, 0.05) is 19.0 Å². The topological polar surface area (TPSA) is 103 Å². The summed E-state index contributed by atoms with van der Waals surface area (Å²) in [5.41, 5.74) is 0. The Kier molecular flexibility index (Phi) is 17.8. The van der Waals surface area contributed by atoms with Crippen LogP contribution < -0.4 is 6.15 Å². The van der Waals surface area contributed by atoms with E-state index in [4.69, 9.17) is 4.74 Å². The molecule has 0 spiro atoms. The van der Waals surface area contributed by atoms with Crippen molar-refractivity contribution in [1.29, 1.82) is 0 Å². The predicted molar refractivity (Wildman–Crippen MR) is 87.8 cm³/mol. The fourth-order valence-electron chi connectivity index (χ4n) is 2.14. The van der Waals surface area contributed by atoms with Crippen molar-refractivity contribution in [1.82, 2.24) is 6.15 Å². The molecule has 0 aliphatic carbocycles. The molecule has 0 aromatic heterocycles. The largest absolute Gasteiger partial charge is 0.748 e. The molecule has 0 heterocycles. The number of hydrogen-bond donors (Lipinski definition) is 1. The highest BCUT2D eigenvalue weighted by atomic mass is 32.2. The molecule has 130 valence electrons. The first-order valence-electron chi connectivity index (χ1n) is 8.07. The maximum atomic E-state index is 10.4. The highest BCUT2D eigenvalue weighted by Gasteiger charge is 1.96. The molecule has 0 atom stereocenters. The van der Waals surface area contributed by atoms with E-state index in [2.05, 4.69) is 6.92 Å². The zero-order valence-corrected chi connectivity index (χ0v) is 14.8. The molecule has 0 fully saturated rings. The maximum Gasteiger partial charge on any atom is 0.0945 e. The maximum absolute atomic E-state index is 10.4. The average Bonchev–Trinajstić information content (AvgIpc) is 2.38. The van der Waals surface area contributed by atoms with Crippen molar-refractivity contribution in [3.05, 3.63) is 0 Å². The second-order valence-corrected chi connectivity index (χ2v) is 6.93. The highest BCUT2D eigenvalue weighted by molar-refractivity contribution is 7.85. The van der Waals surface area contributed by atoms with Gasteiger partial charge in [0.05, 0.1) is 10.1 Å². The van der Waals surface area contributed by atoms with Crippen LogP contribution in [0.3, 0.4) is 0 Å². The summed E-state index contributed by atoms with van der Waals surface area (Å²) in [5.74, 6) is -0.201. The lowest BCUT2D eigenvalue weighted by molar-refractivity contribution is 0.130. The molecule has 5 nitrogen and oxygen atoms in total. The van der Waals surface area contributed by atoms with Gasteiger partial charge in [-0.25, -0.2) is 8.42 Å². The number of rotatable bonds is 15. The normalized spacial score (nSPS) is 11.3. The van der Waals surface area contributed by atoms with Gasteiger partial charge in [-0.2, -0.15) is 0 Å². The van der Waals surface area contributed by atoms with E-state index in [1.165, 1.54) is 38.5 Å². The third-order valence-electron chi connectivity index (χ3n) is 3.28. The van der Waals surface area contributed by atoms with Crippen LogP contribution in [0.4, 0.5) is 0 Å². The van der Waals surface area contributed by atoms with Crippen LogP contribution >= 0.6 is 0 Å². The molecule has 0 aliphatic heterocycles. The zero-order valence-electron chi connectivity index (χ0n) is 13.9. The first-order chi connectivity index (χ1) is 9.56. The lowest BCUT2D eigenvalue weighted by Gasteiger charge is -2.06. The number of ether oxygens (including phenoxy) is 1.